The maximum atomic E-state index is 5.87. The predicted molar refractivity (Wildman–Crippen MR) is 64.9 cm³/mol. The van der Waals surface area contributed by atoms with Gasteiger partial charge < -0.3 is 5.73 Å². The lowest BCUT2D eigenvalue weighted by Crippen LogP contribution is -2.03. The lowest BCUT2D eigenvalue weighted by atomic mass is 10.2. The zero-order chi connectivity index (χ0) is 10.8. The molecule has 0 amide bonds. The number of benzene rings is 1. The van der Waals surface area contributed by atoms with E-state index in [1.807, 2.05) is 18.2 Å². The molecule has 2 N–H and O–H groups in total. The highest BCUT2D eigenvalue weighted by Gasteiger charge is 2.02. The molecule has 0 spiro atoms. The summed E-state index contributed by atoms with van der Waals surface area (Å²) in [6.07, 6.45) is 3.37. The second-order valence-corrected chi connectivity index (χ2v) is 4.55. The van der Waals surface area contributed by atoms with Crippen molar-refractivity contribution in [2.45, 2.75) is 6.54 Å². The first-order valence-electron chi connectivity index (χ1n) is 4.37. The largest absolute Gasteiger partial charge is 0.398 e. The number of nitrogen functional groups attached to an aromatic ring is 1. The standard InChI is InChI=1S/C10H9BrClN3/c11-8-2-1-7(10(13)3-8)5-15-6-9(12)4-14-15/h1-4,6H,5,13H2. The van der Waals surface area contributed by atoms with E-state index < -0.39 is 0 Å². The SMILES string of the molecule is Nc1cc(Br)ccc1Cn1cc(Cl)cn1. The fourth-order valence-electron chi connectivity index (χ4n) is 1.31. The van der Waals surface area contributed by atoms with Crippen LogP contribution in [0.1, 0.15) is 5.56 Å². The molecule has 2 rings (SSSR count). The zero-order valence-corrected chi connectivity index (χ0v) is 10.2. The van der Waals surface area contributed by atoms with Gasteiger partial charge in [-0.05, 0) is 17.7 Å². The Bertz CT molecular complexity index is 481. The number of aromatic nitrogens is 2. The van der Waals surface area contributed by atoms with Gasteiger partial charge in [-0.15, -0.1) is 0 Å². The highest BCUT2D eigenvalue weighted by molar-refractivity contribution is 9.10. The Morgan fingerprint density at radius 3 is 2.87 bits per heavy atom. The number of hydrogen-bond acceptors (Lipinski definition) is 2. The molecule has 78 valence electrons. The molecule has 0 atom stereocenters. The van der Waals surface area contributed by atoms with Gasteiger partial charge in [0.1, 0.15) is 0 Å². The highest BCUT2D eigenvalue weighted by atomic mass is 79.9. The van der Waals surface area contributed by atoms with E-state index in [0.29, 0.717) is 11.6 Å². The van der Waals surface area contributed by atoms with E-state index in [2.05, 4.69) is 21.0 Å². The molecular formula is C10H9BrClN3. The number of hydrogen-bond donors (Lipinski definition) is 1. The summed E-state index contributed by atoms with van der Waals surface area (Å²) < 4.78 is 2.73. The van der Waals surface area contributed by atoms with E-state index in [9.17, 15) is 0 Å². The molecule has 5 heteroatoms. The fraction of sp³-hybridized carbons (Fsp3) is 0.100. The summed E-state index contributed by atoms with van der Waals surface area (Å²) in [7, 11) is 0. The molecule has 1 aromatic carbocycles. The molecule has 3 nitrogen and oxygen atoms in total. The number of anilines is 1. The Balaban J connectivity index is 2.24. The van der Waals surface area contributed by atoms with Crippen molar-refractivity contribution in [2.24, 2.45) is 0 Å². The van der Waals surface area contributed by atoms with Crippen molar-refractivity contribution >= 4 is 33.2 Å². The summed E-state index contributed by atoms with van der Waals surface area (Å²) in [4.78, 5) is 0. The third kappa shape index (κ3) is 2.52. The van der Waals surface area contributed by atoms with Crippen molar-refractivity contribution in [1.29, 1.82) is 0 Å². The van der Waals surface area contributed by atoms with Crippen molar-refractivity contribution in [1.82, 2.24) is 9.78 Å². The van der Waals surface area contributed by atoms with Crippen LogP contribution >= 0.6 is 27.5 Å². The number of nitrogens with zero attached hydrogens (tertiary/aromatic N) is 2. The third-order valence-corrected chi connectivity index (χ3v) is 2.73. The van der Waals surface area contributed by atoms with Crippen LogP contribution in [0.15, 0.2) is 35.1 Å². The van der Waals surface area contributed by atoms with Crippen molar-refractivity contribution < 1.29 is 0 Å². The Morgan fingerprint density at radius 1 is 1.47 bits per heavy atom. The quantitative estimate of drug-likeness (QED) is 0.863. The fourth-order valence-corrected chi connectivity index (χ4v) is 1.84. The second kappa shape index (κ2) is 4.24. The van der Waals surface area contributed by atoms with Crippen LogP contribution in [0.3, 0.4) is 0 Å². The van der Waals surface area contributed by atoms with Gasteiger partial charge in [0.15, 0.2) is 0 Å². The second-order valence-electron chi connectivity index (χ2n) is 3.20. The van der Waals surface area contributed by atoms with Crippen LogP contribution in [-0.2, 0) is 6.54 Å². The average molecular weight is 287 g/mol. The van der Waals surface area contributed by atoms with E-state index in [1.54, 1.807) is 17.1 Å². The normalized spacial score (nSPS) is 10.5. The van der Waals surface area contributed by atoms with Crippen LogP contribution < -0.4 is 5.73 Å². The lowest BCUT2D eigenvalue weighted by molar-refractivity contribution is 0.688. The summed E-state index contributed by atoms with van der Waals surface area (Å²) in [5, 5.41) is 4.72. The Morgan fingerprint density at radius 2 is 2.27 bits per heavy atom. The van der Waals surface area contributed by atoms with Crippen LogP contribution in [0.4, 0.5) is 5.69 Å². The molecule has 0 aliphatic heterocycles. The minimum absolute atomic E-state index is 0.630. The number of nitrogens with two attached hydrogens (primary N) is 1. The summed E-state index contributed by atoms with van der Waals surface area (Å²) in [5.74, 6) is 0. The summed E-state index contributed by atoms with van der Waals surface area (Å²) in [5.41, 5.74) is 7.64. The van der Waals surface area contributed by atoms with Crippen LogP contribution in [0, 0.1) is 0 Å². The van der Waals surface area contributed by atoms with Crippen molar-refractivity contribution in [2.75, 3.05) is 5.73 Å². The first-order chi connectivity index (χ1) is 7.15. The van der Waals surface area contributed by atoms with Crippen molar-refractivity contribution in [3.63, 3.8) is 0 Å². The van der Waals surface area contributed by atoms with Gasteiger partial charge in [0.25, 0.3) is 0 Å². The van der Waals surface area contributed by atoms with Gasteiger partial charge in [0, 0.05) is 16.4 Å². The smallest absolute Gasteiger partial charge is 0.0785 e. The first kappa shape index (κ1) is 10.5. The van der Waals surface area contributed by atoms with E-state index in [1.165, 1.54) is 0 Å². The topological polar surface area (TPSA) is 43.8 Å². The molecule has 1 heterocycles. The van der Waals surface area contributed by atoms with Crippen LogP contribution in [0.5, 0.6) is 0 Å². The maximum Gasteiger partial charge on any atom is 0.0785 e. The minimum atomic E-state index is 0.630. The Kier molecular flexibility index (Phi) is 2.98. The van der Waals surface area contributed by atoms with Crippen molar-refractivity contribution in [3.05, 3.63) is 45.7 Å². The summed E-state index contributed by atoms with van der Waals surface area (Å²) in [6, 6.07) is 5.80. The molecule has 0 unspecified atom stereocenters. The van der Waals surface area contributed by atoms with E-state index in [4.69, 9.17) is 17.3 Å². The first-order valence-corrected chi connectivity index (χ1v) is 5.54. The molecular weight excluding hydrogens is 277 g/mol. The molecule has 0 saturated carbocycles. The van der Waals surface area contributed by atoms with Crippen LogP contribution in [0.2, 0.25) is 5.02 Å². The third-order valence-electron chi connectivity index (χ3n) is 2.04. The van der Waals surface area contributed by atoms with Gasteiger partial charge in [-0.2, -0.15) is 5.10 Å². The van der Waals surface area contributed by atoms with Crippen LogP contribution in [-0.4, -0.2) is 9.78 Å². The van der Waals surface area contributed by atoms with Gasteiger partial charge in [0.05, 0.1) is 17.8 Å². The lowest BCUT2D eigenvalue weighted by Gasteiger charge is -2.05. The number of halogens is 2. The summed E-state index contributed by atoms with van der Waals surface area (Å²) >= 11 is 9.13. The van der Waals surface area contributed by atoms with E-state index in [-0.39, 0.29) is 0 Å². The Labute approximate surface area is 101 Å². The number of rotatable bonds is 2. The molecule has 0 aliphatic rings. The zero-order valence-electron chi connectivity index (χ0n) is 7.82. The average Bonchev–Trinajstić information content (AvgIpc) is 2.56. The minimum Gasteiger partial charge on any atom is -0.398 e. The van der Waals surface area contributed by atoms with Gasteiger partial charge in [-0.3, -0.25) is 4.68 Å². The van der Waals surface area contributed by atoms with Gasteiger partial charge in [-0.25, -0.2) is 0 Å². The van der Waals surface area contributed by atoms with Crippen LogP contribution in [0.25, 0.3) is 0 Å². The molecule has 1 aromatic heterocycles. The predicted octanol–water partition coefficient (Wildman–Crippen LogP) is 2.93. The highest BCUT2D eigenvalue weighted by Crippen LogP contribution is 2.19. The van der Waals surface area contributed by atoms with E-state index in [0.717, 1.165) is 15.7 Å². The molecule has 15 heavy (non-hydrogen) atoms. The molecule has 0 bridgehead atoms. The summed E-state index contributed by atoms with van der Waals surface area (Å²) in [6.45, 7) is 0.631. The van der Waals surface area contributed by atoms with Crippen molar-refractivity contribution in [3.8, 4) is 0 Å². The molecule has 0 aliphatic carbocycles. The van der Waals surface area contributed by atoms with Gasteiger partial charge >= 0.3 is 0 Å². The molecule has 0 saturated heterocycles. The molecule has 0 fully saturated rings. The maximum absolute atomic E-state index is 5.87. The monoisotopic (exact) mass is 285 g/mol. The molecule has 2 aromatic rings. The van der Waals surface area contributed by atoms with Gasteiger partial charge in [-0.1, -0.05) is 33.6 Å². The van der Waals surface area contributed by atoms with Gasteiger partial charge in [0.2, 0.25) is 0 Å². The molecule has 0 radical (unpaired) electrons. The Hall–Kier alpha value is -1.00. The van der Waals surface area contributed by atoms with E-state index >= 15 is 0 Å².